The zero-order chi connectivity index (χ0) is 11.0. The van der Waals surface area contributed by atoms with E-state index in [1.165, 1.54) is 12.5 Å². The summed E-state index contributed by atoms with van der Waals surface area (Å²) in [4.78, 5) is 4.44. The molecule has 0 bridgehead atoms. The molecule has 1 aromatic carbocycles. The van der Waals surface area contributed by atoms with Gasteiger partial charge in [0.05, 0.1) is 9.71 Å². The maximum Gasteiger partial charge on any atom is 0.150 e. The summed E-state index contributed by atoms with van der Waals surface area (Å²) in [6.45, 7) is 2.07. The molecule has 0 saturated carbocycles. The van der Waals surface area contributed by atoms with Gasteiger partial charge in [-0.25, -0.2) is 9.37 Å². The summed E-state index contributed by atoms with van der Waals surface area (Å²) < 4.78 is 14.5. The second-order valence-corrected chi connectivity index (χ2v) is 5.24. The summed E-state index contributed by atoms with van der Waals surface area (Å²) in [5, 5.41) is 4.44. The third-order valence-corrected chi connectivity index (χ3v) is 4.22. The lowest BCUT2D eigenvalue weighted by Gasteiger charge is -2.20. The number of halogens is 1. The highest BCUT2D eigenvalue weighted by molar-refractivity contribution is 7.18. The maximum atomic E-state index is 13.5. The summed E-state index contributed by atoms with van der Waals surface area (Å²) in [5.74, 6) is 0.259. The Hall–Kier alpha value is -1.00. The van der Waals surface area contributed by atoms with E-state index in [0.29, 0.717) is 11.4 Å². The molecule has 2 aromatic rings. The van der Waals surface area contributed by atoms with Gasteiger partial charge in [-0.05, 0) is 31.5 Å². The van der Waals surface area contributed by atoms with Crippen LogP contribution in [-0.4, -0.2) is 18.1 Å². The van der Waals surface area contributed by atoms with E-state index in [2.05, 4.69) is 10.3 Å². The molecule has 1 saturated heterocycles. The summed E-state index contributed by atoms with van der Waals surface area (Å²) in [7, 11) is 0. The molecule has 1 fully saturated rings. The van der Waals surface area contributed by atoms with Crippen LogP contribution < -0.4 is 5.32 Å². The number of benzene rings is 1. The summed E-state index contributed by atoms with van der Waals surface area (Å²) in [6.07, 6.45) is 2.34. The molecule has 84 valence electrons. The highest BCUT2D eigenvalue weighted by Crippen LogP contribution is 2.31. The molecule has 1 aliphatic rings. The smallest absolute Gasteiger partial charge is 0.150 e. The summed E-state index contributed by atoms with van der Waals surface area (Å²) >= 11 is 1.63. The number of hydrogen-bond donors (Lipinski definition) is 1. The zero-order valence-corrected chi connectivity index (χ0v) is 9.69. The Balaban J connectivity index is 2.01. The van der Waals surface area contributed by atoms with Crippen molar-refractivity contribution in [1.82, 2.24) is 10.3 Å². The van der Waals surface area contributed by atoms with Crippen LogP contribution in [0.15, 0.2) is 18.2 Å². The molecular weight excluding hydrogens is 223 g/mol. The normalized spacial score (nSPS) is 21.4. The Morgan fingerprint density at radius 3 is 3.12 bits per heavy atom. The highest BCUT2D eigenvalue weighted by Gasteiger charge is 2.19. The number of thiazole rings is 1. The van der Waals surface area contributed by atoms with Crippen molar-refractivity contribution in [2.24, 2.45) is 0 Å². The molecule has 3 rings (SSSR count). The Morgan fingerprint density at radius 2 is 2.38 bits per heavy atom. The van der Waals surface area contributed by atoms with Gasteiger partial charge < -0.3 is 5.32 Å². The van der Waals surface area contributed by atoms with Crippen molar-refractivity contribution in [2.45, 2.75) is 18.8 Å². The first-order chi connectivity index (χ1) is 7.84. The number of aromatic nitrogens is 1. The van der Waals surface area contributed by atoms with Crippen molar-refractivity contribution < 1.29 is 4.39 Å². The Morgan fingerprint density at radius 1 is 1.44 bits per heavy atom. The van der Waals surface area contributed by atoms with Gasteiger partial charge in [0.25, 0.3) is 0 Å². The van der Waals surface area contributed by atoms with E-state index in [-0.39, 0.29) is 5.82 Å². The fourth-order valence-electron chi connectivity index (χ4n) is 2.17. The van der Waals surface area contributed by atoms with Crippen molar-refractivity contribution in [1.29, 1.82) is 0 Å². The van der Waals surface area contributed by atoms with Crippen LogP contribution in [0, 0.1) is 5.82 Å². The maximum absolute atomic E-state index is 13.5. The first-order valence-corrected chi connectivity index (χ1v) is 6.42. The van der Waals surface area contributed by atoms with Crippen molar-refractivity contribution >= 4 is 21.6 Å². The van der Waals surface area contributed by atoms with E-state index in [9.17, 15) is 4.39 Å². The molecule has 0 radical (unpaired) electrons. The topological polar surface area (TPSA) is 24.9 Å². The lowest BCUT2D eigenvalue weighted by Crippen LogP contribution is -2.28. The van der Waals surface area contributed by atoms with Crippen molar-refractivity contribution in [2.75, 3.05) is 13.1 Å². The van der Waals surface area contributed by atoms with Crippen molar-refractivity contribution in [3.63, 3.8) is 0 Å². The van der Waals surface area contributed by atoms with Gasteiger partial charge in [0, 0.05) is 12.5 Å². The predicted octanol–water partition coefficient (Wildman–Crippen LogP) is 2.90. The van der Waals surface area contributed by atoms with Crippen LogP contribution in [0.5, 0.6) is 0 Å². The lowest BCUT2D eigenvalue weighted by atomic mass is 10.0. The molecule has 2 nitrogen and oxygen atoms in total. The van der Waals surface area contributed by atoms with Gasteiger partial charge in [0.2, 0.25) is 0 Å². The monoisotopic (exact) mass is 236 g/mol. The molecule has 1 aromatic heterocycles. The molecule has 1 N–H and O–H groups in total. The van der Waals surface area contributed by atoms with Crippen LogP contribution in [0.25, 0.3) is 10.2 Å². The van der Waals surface area contributed by atoms with Crippen LogP contribution in [0.2, 0.25) is 0 Å². The second kappa shape index (κ2) is 4.11. The molecule has 2 heterocycles. The Kier molecular flexibility index (Phi) is 2.61. The molecule has 0 amide bonds. The van der Waals surface area contributed by atoms with Gasteiger partial charge in [-0.3, -0.25) is 0 Å². The molecule has 16 heavy (non-hydrogen) atoms. The number of rotatable bonds is 1. The number of nitrogens with one attached hydrogen (secondary N) is 1. The number of nitrogens with zero attached hydrogens (tertiary/aromatic N) is 1. The standard InChI is InChI=1S/C12H13FN2S/c13-9-4-1-5-10-11(9)15-12(16-10)8-3-2-6-14-7-8/h1,4-5,8,14H,2-3,6-7H2. The van der Waals surface area contributed by atoms with Gasteiger partial charge in [-0.15, -0.1) is 11.3 Å². The first kappa shape index (κ1) is 10.2. The molecule has 1 aliphatic heterocycles. The Labute approximate surface area is 97.5 Å². The average Bonchev–Trinajstić information content (AvgIpc) is 2.76. The SMILES string of the molecule is Fc1cccc2sc(C3CCCNC3)nc12. The third kappa shape index (κ3) is 1.72. The molecule has 0 aliphatic carbocycles. The molecule has 4 heteroatoms. The summed E-state index contributed by atoms with van der Waals surface area (Å²) in [5.41, 5.74) is 0.535. The van der Waals surface area contributed by atoms with Crippen molar-refractivity contribution in [3.05, 3.63) is 29.0 Å². The Bertz CT molecular complexity index is 503. The summed E-state index contributed by atoms with van der Waals surface area (Å²) in [6, 6.07) is 5.17. The minimum Gasteiger partial charge on any atom is -0.316 e. The minimum absolute atomic E-state index is 0.205. The molecular formula is C12H13FN2S. The van der Waals surface area contributed by atoms with Crippen LogP contribution in [0.4, 0.5) is 4.39 Å². The van der Waals surface area contributed by atoms with Gasteiger partial charge in [-0.2, -0.15) is 0 Å². The van der Waals surface area contributed by atoms with Gasteiger partial charge in [-0.1, -0.05) is 6.07 Å². The largest absolute Gasteiger partial charge is 0.316 e. The number of fused-ring (bicyclic) bond motifs is 1. The van der Waals surface area contributed by atoms with E-state index in [1.807, 2.05) is 6.07 Å². The molecule has 0 spiro atoms. The number of para-hydroxylation sites is 1. The van der Waals surface area contributed by atoms with E-state index in [1.54, 1.807) is 17.4 Å². The van der Waals surface area contributed by atoms with Crippen LogP contribution in [0.3, 0.4) is 0 Å². The van der Waals surface area contributed by atoms with Crippen LogP contribution in [-0.2, 0) is 0 Å². The zero-order valence-electron chi connectivity index (χ0n) is 8.87. The van der Waals surface area contributed by atoms with Gasteiger partial charge >= 0.3 is 0 Å². The number of hydrogen-bond acceptors (Lipinski definition) is 3. The van der Waals surface area contributed by atoms with E-state index in [0.717, 1.165) is 29.2 Å². The molecule has 1 atom stereocenters. The van der Waals surface area contributed by atoms with E-state index in [4.69, 9.17) is 0 Å². The number of piperidine rings is 1. The predicted molar refractivity (Wildman–Crippen MR) is 64.4 cm³/mol. The van der Waals surface area contributed by atoms with Crippen molar-refractivity contribution in [3.8, 4) is 0 Å². The van der Waals surface area contributed by atoms with Gasteiger partial charge in [0.15, 0.2) is 0 Å². The van der Waals surface area contributed by atoms with Crippen LogP contribution >= 0.6 is 11.3 Å². The molecule has 1 unspecified atom stereocenters. The van der Waals surface area contributed by atoms with Crippen LogP contribution in [0.1, 0.15) is 23.8 Å². The highest BCUT2D eigenvalue weighted by atomic mass is 32.1. The minimum atomic E-state index is -0.205. The lowest BCUT2D eigenvalue weighted by molar-refractivity contribution is 0.460. The average molecular weight is 236 g/mol. The second-order valence-electron chi connectivity index (χ2n) is 4.18. The van der Waals surface area contributed by atoms with E-state index >= 15 is 0 Å². The fraction of sp³-hybridized carbons (Fsp3) is 0.417. The third-order valence-electron chi connectivity index (χ3n) is 3.03. The fourth-order valence-corrected chi connectivity index (χ4v) is 3.29. The quantitative estimate of drug-likeness (QED) is 0.823. The first-order valence-electron chi connectivity index (χ1n) is 5.60. The van der Waals surface area contributed by atoms with E-state index < -0.39 is 0 Å². The van der Waals surface area contributed by atoms with Gasteiger partial charge in [0.1, 0.15) is 11.3 Å².